The van der Waals surface area contributed by atoms with Crippen LogP contribution >= 0.6 is 0 Å². The molecule has 1 aromatic heterocycles. The molecule has 0 saturated carbocycles. The third-order valence-corrected chi connectivity index (χ3v) is 6.87. The Labute approximate surface area is 234 Å². The van der Waals surface area contributed by atoms with Gasteiger partial charge in [0.15, 0.2) is 0 Å². The van der Waals surface area contributed by atoms with Gasteiger partial charge in [0.1, 0.15) is 11.6 Å². The second-order valence-electron chi connectivity index (χ2n) is 12.2. The first kappa shape index (κ1) is 30.6. The van der Waals surface area contributed by atoms with Crippen LogP contribution in [0.1, 0.15) is 89.5 Å². The summed E-state index contributed by atoms with van der Waals surface area (Å²) in [5, 5.41) is 3.05. The summed E-state index contributed by atoms with van der Waals surface area (Å²) in [6.07, 6.45) is 3.27. The number of rotatable bonds is 15. The van der Waals surface area contributed by atoms with Crippen molar-refractivity contribution in [1.82, 2.24) is 14.9 Å². The minimum absolute atomic E-state index is 0.0967. The van der Waals surface area contributed by atoms with Gasteiger partial charge in [-0.25, -0.2) is 4.98 Å². The van der Waals surface area contributed by atoms with Crippen LogP contribution in [0.3, 0.4) is 0 Å². The van der Waals surface area contributed by atoms with E-state index in [-0.39, 0.29) is 17.0 Å². The van der Waals surface area contributed by atoms with Crippen LogP contribution in [0.5, 0.6) is 5.75 Å². The number of amides is 1. The lowest BCUT2D eigenvalue weighted by Crippen LogP contribution is -2.37. The van der Waals surface area contributed by atoms with Crippen LogP contribution in [0.25, 0.3) is 11.0 Å². The standard InChI is InChI=1S/C32H48N4O3/c1-8-38-26-12-9-24(10-13-26)21-29-35-27-22-25(11-14-28(27)36(29)19-15-23(2)3)30(37)34-18-16-32(6,7)39-20-17-31(4,5)33/h9-14,22-23H,8,15-21,33H2,1-7H3,(H,34,37). The molecule has 7 nitrogen and oxygen atoms in total. The highest BCUT2D eigenvalue weighted by molar-refractivity contribution is 5.97. The summed E-state index contributed by atoms with van der Waals surface area (Å²) in [6, 6.07) is 14.0. The van der Waals surface area contributed by atoms with Crippen molar-refractivity contribution in [3.05, 3.63) is 59.4 Å². The van der Waals surface area contributed by atoms with E-state index in [0.29, 0.717) is 37.7 Å². The molecule has 7 heteroatoms. The average molecular weight is 537 g/mol. The number of carbonyl (C=O) groups is 1. The van der Waals surface area contributed by atoms with E-state index >= 15 is 0 Å². The normalized spacial score (nSPS) is 12.3. The lowest BCUT2D eigenvalue weighted by Gasteiger charge is -2.27. The number of aromatic nitrogens is 2. The van der Waals surface area contributed by atoms with E-state index in [1.54, 1.807) is 0 Å². The van der Waals surface area contributed by atoms with E-state index in [9.17, 15) is 4.79 Å². The number of nitrogens with two attached hydrogens (primary N) is 1. The molecule has 0 aliphatic carbocycles. The minimum Gasteiger partial charge on any atom is -0.494 e. The van der Waals surface area contributed by atoms with E-state index in [4.69, 9.17) is 20.2 Å². The molecule has 1 amide bonds. The largest absolute Gasteiger partial charge is 0.494 e. The number of imidazole rings is 1. The Kier molecular flexibility index (Phi) is 10.6. The van der Waals surface area contributed by atoms with Gasteiger partial charge in [-0.15, -0.1) is 0 Å². The molecule has 0 spiro atoms. The lowest BCUT2D eigenvalue weighted by molar-refractivity contribution is -0.0283. The van der Waals surface area contributed by atoms with Crippen molar-refractivity contribution in [3.8, 4) is 5.75 Å². The van der Waals surface area contributed by atoms with Crippen molar-refractivity contribution >= 4 is 16.9 Å². The molecule has 0 atom stereocenters. The van der Waals surface area contributed by atoms with Gasteiger partial charge in [0.05, 0.1) is 23.2 Å². The van der Waals surface area contributed by atoms with Crippen molar-refractivity contribution < 1.29 is 14.3 Å². The monoisotopic (exact) mass is 536 g/mol. The van der Waals surface area contributed by atoms with E-state index in [1.807, 2.05) is 65.0 Å². The predicted octanol–water partition coefficient (Wildman–Crippen LogP) is 6.11. The van der Waals surface area contributed by atoms with Gasteiger partial charge in [0.25, 0.3) is 5.91 Å². The second-order valence-corrected chi connectivity index (χ2v) is 12.2. The molecule has 0 fully saturated rings. The van der Waals surface area contributed by atoms with Crippen molar-refractivity contribution in [1.29, 1.82) is 0 Å². The Morgan fingerprint density at radius 1 is 1.08 bits per heavy atom. The lowest BCUT2D eigenvalue weighted by atomic mass is 10.0. The quantitative estimate of drug-likeness (QED) is 0.244. The topological polar surface area (TPSA) is 91.4 Å². The number of ether oxygens (including phenoxy) is 2. The zero-order valence-corrected chi connectivity index (χ0v) is 25.0. The van der Waals surface area contributed by atoms with Gasteiger partial charge in [-0.1, -0.05) is 26.0 Å². The molecule has 3 rings (SSSR count). The molecule has 39 heavy (non-hydrogen) atoms. The van der Waals surface area contributed by atoms with Gasteiger partial charge < -0.3 is 25.1 Å². The van der Waals surface area contributed by atoms with Gasteiger partial charge in [-0.2, -0.15) is 0 Å². The summed E-state index contributed by atoms with van der Waals surface area (Å²) in [6.45, 7) is 17.2. The van der Waals surface area contributed by atoms with Crippen LogP contribution in [0.4, 0.5) is 0 Å². The van der Waals surface area contributed by atoms with Crippen LogP contribution in [0, 0.1) is 5.92 Å². The highest BCUT2D eigenvalue weighted by atomic mass is 16.5. The SMILES string of the molecule is CCOc1ccc(Cc2nc3cc(C(=O)NCCC(C)(C)OCCC(C)(C)N)ccc3n2CCC(C)C)cc1. The van der Waals surface area contributed by atoms with Gasteiger partial charge in [0, 0.05) is 37.2 Å². The zero-order valence-electron chi connectivity index (χ0n) is 25.0. The summed E-state index contributed by atoms with van der Waals surface area (Å²) in [5.74, 6) is 2.37. The molecule has 0 bridgehead atoms. The maximum Gasteiger partial charge on any atom is 0.251 e. The molecular weight excluding hydrogens is 488 g/mol. The Morgan fingerprint density at radius 2 is 1.79 bits per heavy atom. The third kappa shape index (κ3) is 9.66. The summed E-state index contributed by atoms with van der Waals surface area (Å²) < 4.78 is 13.9. The Hall–Kier alpha value is -2.90. The smallest absolute Gasteiger partial charge is 0.251 e. The van der Waals surface area contributed by atoms with Crippen LogP contribution in [0.15, 0.2) is 42.5 Å². The van der Waals surface area contributed by atoms with Crippen molar-refractivity contribution in [2.45, 2.75) is 91.8 Å². The fraction of sp³-hybridized carbons (Fsp3) is 0.562. The molecule has 2 aromatic carbocycles. The number of benzene rings is 2. The molecule has 0 unspecified atom stereocenters. The zero-order chi connectivity index (χ0) is 28.6. The third-order valence-electron chi connectivity index (χ3n) is 6.87. The first-order valence-electron chi connectivity index (χ1n) is 14.3. The summed E-state index contributed by atoms with van der Waals surface area (Å²) in [5.41, 5.74) is 9.17. The maximum absolute atomic E-state index is 13.0. The number of carbonyl (C=O) groups excluding carboxylic acids is 1. The maximum atomic E-state index is 13.0. The van der Waals surface area contributed by atoms with Crippen LogP contribution in [-0.2, 0) is 17.7 Å². The summed E-state index contributed by atoms with van der Waals surface area (Å²) in [7, 11) is 0. The number of hydrogen-bond acceptors (Lipinski definition) is 5. The van der Waals surface area contributed by atoms with Gasteiger partial charge >= 0.3 is 0 Å². The van der Waals surface area contributed by atoms with Gasteiger partial charge in [-0.05, 0) is 95.7 Å². The second kappa shape index (κ2) is 13.4. The van der Waals surface area contributed by atoms with Crippen molar-refractivity contribution in [3.63, 3.8) is 0 Å². The van der Waals surface area contributed by atoms with Crippen molar-refractivity contribution in [2.75, 3.05) is 19.8 Å². The number of hydrogen-bond donors (Lipinski definition) is 2. The fourth-order valence-corrected chi connectivity index (χ4v) is 4.39. The first-order valence-corrected chi connectivity index (χ1v) is 14.3. The van der Waals surface area contributed by atoms with Crippen LogP contribution < -0.4 is 15.8 Å². The van der Waals surface area contributed by atoms with Gasteiger partial charge in [0.2, 0.25) is 0 Å². The van der Waals surface area contributed by atoms with Gasteiger partial charge in [-0.3, -0.25) is 4.79 Å². The highest BCUT2D eigenvalue weighted by Gasteiger charge is 2.21. The highest BCUT2D eigenvalue weighted by Crippen LogP contribution is 2.23. The van der Waals surface area contributed by atoms with Crippen LogP contribution in [0.2, 0.25) is 0 Å². The molecule has 1 heterocycles. The average Bonchev–Trinajstić information content (AvgIpc) is 3.19. The molecule has 3 N–H and O–H groups in total. The van der Waals surface area contributed by atoms with Crippen molar-refractivity contribution in [2.24, 2.45) is 11.7 Å². The minimum atomic E-state index is -0.340. The molecule has 0 saturated heterocycles. The molecule has 0 aliphatic heterocycles. The predicted molar refractivity (Wildman–Crippen MR) is 159 cm³/mol. The number of nitrogens with one attached hydrogen (secondary N) is 1. The fourth-order valence-electron chi connectivity index (χ4n) is 4.39. The Morgan fingerprint density at radius 3 is 2.44 bits per heavy atom. The summed E-state index contributed by atoms with van der Waals surface area (Å²) >= 11 is 0. The molecule has 214 valence electrons. The summed E-state index contributed by atoms with van der Waals surface area (Å²) in [4.78, 5) is 18.0. The van der Waals surface area contributed by atoms with E-state index in [0.717, 1.165) is 48.4 Å². The molecule has 3 aromatic rings. The molecular formula is C32H48N4O3. The van der Waals surface area contributed by atoms with E-state index in [1.165, 1.54) is 5.56 Å². The van der Waals surface area contributed by atoms with E-state index < -0.39 is 0 Å². The number of fused-ring (bicyclic) bond motifs is 1. The number of aryl methyl sites for hydroxylation is 1. The Balaban J connectivity index is 1.70. The first-order chi connectivity index (χ1) is 18.4. The molecule has 0 aliphatic rings. The Bertz CT molecular complexity index is 1210. The molecule has 0 radical (unpaired) electrons. The van der Waals surface area contributed by atoms with Crippen LogP contribution in [-0.4, -0.2) is 46.4 Å². The van der Waals surface area contributed by atoms with E-state index in [2.05, 4.69) is 35.9 Å². The number of nitrogens with zero attached hydrogens (tertiary/aromatic N) is 2.